The number of aliphatic hydroxyl groups is 1. The molecule has 5 heteroatoms. The molecule has 0 aliphatic rings. The van der Waals surface area contributed by atoms with Gasteiger partial charge in [0.05, 0.1) is 6.54 Å². The summed E-state index contributed by atoms with van der Waals surface area (Å²) in [5.41, 5.74) is 4.57. The Morgan fingerprint density at radius 2 is 1.78 bits per heavy atom. The van der Waals surface area contributed by atoms with Crippen LogP contribution in [0.15, 0.2) is 0 Å². The van der Waals surface area contributed by atoms with Gasteiger partial charge in [0.25, 0.3) is 0 Å². The predicted molar refractivity (Wildman–Crippen MR) is 33.1 cm³/mol. The summed E-state index contributed by atoms with van der Waals surface area (Å²) in [6.45, 7) is 1.65. The molecule has 0 rings (SSSR count). The van der Waals surface area contributed by atoms with Gasteiger partial charge in [0, 0.05) is 6.61 Å². The summed E-state index contributed by atoms with van der Waals surface area (Å²) in [5, 5.41) is 15.2. The van der Waals surface area contributed by atoms with Gasteiger partial charge in [-0.15, -0.1) is 0 Å². The first-order valence-electron chi connectivity index (χ1n) is 2.21. The van der Waals surface area contributed by atoms with Gasteiger partial charge >= 0.3 is 5.97 Å². The van der Waals surface area contributed by atoms with Crippen LogP contribution in [0.2, 0.25) is 0 Å². The van der Waals surface area contributed by atoms with Crippen molar-refractivity contribution in [3.63, 3.8) is 0 Å². The molecule has 0 heterocycles. The molecule has 0 bridgehead atoms. The van der Waals surface area contributed by atoms with Crippen molar-refractivity contribution < 1.29 is 20.5 Å². The number of nitrogens with two attached hydrogens (primary N) is 1. The van der Waals surface area contributed by atoms with Crippen LogP contribution in [0.3, 0.4) is 0 Å². The summed E-state index contributed by atoms with van der Waals surface area (Å²) in [5.74, 6) is -0.968. The highest BCUT2D eigenvalue weighted by atomic mass is 16.4. The normalized spacial score (nSPS) is 6.11. The maximum Gasteiger partial charge on any atom is 0.317 e. The number of carbonyl (C=O) groups is 1. The van der Waals surface area contributed by atoms with Gasteiger partial charge < -0.3 is 21.4 Å². The molecule has 0 fully saturated rings. The average molecular weight is 139 g/mol. The molecule has 0 radical (unpaired) electrons. The quantitative estimate of drug-likeness (QED) is 0.397. The highest BCUT2D eigenvalue weighted by molar-refractivity contribution is 5.68. The van der Waals surface area contributed by atoms with Crippen molar-refractivity contribution in [2.75, 3.05) is 13.2 Å². The molecule has 9 heavy (non-hydrogen) atoms. The second-order valence-corrected chi connectivity index (χ2v) is 0.914. The fourth-order valence-electron chi connectivity index (χ4n) is 0. The Morgan fingerprint density at radius 1 is 1.67 bits per heavy atom. The van der Waals surface area contributed by atoms with Crippen molar-refractivity contribution >= 4 is 5.97 Å². The van der Waals surface area contributed by atoms with Crippen LogP contribution in [0.4, 0.5) is 0 Å². The fraction of sp³-hybridized carbons (Fsp3) is 0.750. The number of hydrogen-bond donors (Lipinski definition) is 3. The molecule has 58 valence electrons. The summed E-state index contributed by atoms with van der Waals surface area (Å²) in [4.78, 5) is 9.24. The van der Waals surface area contributed by atoms with Crippen LogP contribution in [-0.4, -0.2) is 34.8 Å². The summed E-state index contributed by atoms with van der Waals surface area (Å²) >= 11 is 0. The molecule has 0 aromatic heterocycles. The molecule has 5 nitrogen and oxygen atoms in total. The van der Waals surface area contributed by atoms with Gasteiger partial charge in [0.1, 0.15) is 0 Å². The molecular weight excluding hydrogens is 126 g/mol. The summed E-state index contributed by atoms with van der Waals surface area (Å²) in [6.07, 6.45) is 0. The Bertz CT molecular complexity index is 56.5. The van der Waals surface area contributed by atoms with Crippen LogP contribution in [0.5, 0.6) is 0 Å². The van der Waals surface area contributed by atoms with Gasteiger partial charge in [-0.05, 0) is 6.92 Å². The standard InChI is InChI=1S/C2H5NO2.C2H6O.H2O/c3-1-2(4)5;1-2-3;/h1,3H2,(H,4,5);3H,2H2,1H3;1H2. The molecular formula is C4H13NO4. The molecule has 0 saturated heterocycles. The molecule has 0 aromatic carbocycles. The van der Waals surface area contributed by atoms with Crippen molar-refractivity contribution in [1.29, 1.82) is 0 Å². The first-order valence-corrected chi connectivity index (χ1v) is 2.21. The van der Waals surface area contributed by atoms with Crippen LogP contribution in [0.25, 0.3) is 0 Å². The van der Waals surface area contributed by atoms with E-state index in [2.05, 4.69) is 5.73 Å². The van der Waals surface area contributed by atoms with Crippen LogP contribution in [0, 0.1) is 0 Å². The van der Waals surface area contributed by atoms with E-state index in [1.54, 1.807) is 6.92 Å². The van der Waals surface area contributed by atoms with Crippen molar-refractivity contribution in [3.05, 3.63) is 0 Å². The number of rotatable bonds is 1. The number of hydrogen-bond acceptors (Lipinski definition) is 3. The van der Waals surface area contributed by atoms with Crippen molar-refractivity contribution in [3.8, 4) is 0 Å². The summed E-state index contributed by atoms with van der Waals surface area (Å²) in [6, 6.07) is 0. The molecule has 0 aliphatic carbocycles. The van der Waals surface area contributed by atoms with E-state index in [1.807, 2.05) is 0 Å². The van der Waals surface area contributed by atoms with Gasteiger partial charge in [-0.1, -0.05) is 0 Å². The molecule has 6 N–H and O–H groups in total. The monoisotopic (exact) mass is 139 g/mol. The number of carboxylic acids is 1. The molecule has 0 aliphatic heterocycles. The van der Waals surface area contributed by atoms with E-state index in [-0.39, 0.29) is 18.6 Å². The number of aliphatic hydroxyl groups excluding tert-OH is 1. The zero-order valence-electron chi connectivity index (χ0n) is 5.29. The van der Waals surface area contributed by atoms with Gasteiger partial charge in [-0.25, -0.2) is 0 Å². The lowest BCUT2D eigenvalue weighted by Crippen LogP contribution is -2.10. The number of carboxylic acid groups (broad SMARTS) is 1. The highest BCUT2D eigenvalue weighted by Gasteiger charge is 1.81. The van der Waals surface area contributed by atoms with Crippen LogP contribution in [0.1, 0.15) is 6.92 Å². The Hall–Kier alpha value is -0.650. The Labute approximate surface area is 53.4 Å². The maximum atomic E-state index is 9.24. The van der Waals surface area contributed by atoms with E-state index in [4.69, 9.17) is 10.2 Å². The van der Waals surface area contributed by atoms with E-state index < -0.39 is 5.97 Å². The summed E-state index contributed by atoms with van der Waals surface area (Å²) < 4.78 is 0. The maximum absolute atomic E-state index is 9.24. The van der Waals surface area contributed by atoms with Crippen molar-refractivity contribution in [2.24, 2.45) is 5.73 Å². The smallest absolute Gasteiger partial charge is 0.317 e. The minimum atomic E-state index is -0.968. The zero-order chi connectivity index (χ0) is 6.99. The Morgan fingerprint density at radius 3 is 1.78 bits per heavy atom. The topological polar surface area (TPSA) is 115 Å². The van der Waals surface area contributed by atoms with E-state index in [9.17, 15) is 4.79 Å². The van der Waals surface area contributed by atoms with E-state index >= 15 is 0 Å². The molecule has 0 unspecified atom stereocenters. The molecule has 0 atom stereocenters. The molecule has 0 saturated carbocycles. The lowest BCUT2D eigenvalue weighted by Gasteiger charge is -1.73. The number of aliphatic carboxylic acids is 1. The highest BCUT2D eigenvalue weighted by Crippen LogP contribution is 1.43. The fourth-order valence-corrected chi connectivity index (χ4v) is 0. The molecule has 0 aromatic rings. The first kappa shape index (κ1) is 15.8. The third-order valence-corrected chi connectivity index (χ3v) is 0.175. The lowest BCUT2D eigenvalue weighted by atomic mass is 10.7. The second kappa shape index (κ2) is 15.7. The van der Waals surface area contributed by atoms with Gasteiger partial charge in [-0.2, -0.15) is 0 Å². The SMILES string of the molecule is CCO.NCC(=O)O.O. The third-order valence-electron chi connectivity index (χ3n) is 0.175. The van der Waals surface area contributed by atoms with Gasteiger partial charge in [0.2, 0.25) is 0 Å². The van der Waals surface area contributed by atoms with Gasteiger partial charge in [-0.3, -0.25) is 4.79 Å². The summed E-state index contributed by atoms with van der Waals surface area (Å²) in [7, 11) is 0. The zero-order valence-corrected chi connectivity index (χ0v) is 5.29. The van der Waals surface area contributed by atoms with E-state index in [0.29, 0.717) is 0 Å². The lowest BCUT2D eigenvalue weighted by molar-refractivity contribution is -0.135. The van der Waals surface area contributed by atoms with Crippen LogP contribution < -0.4 is 5.73 Å². The van der Waals surface area contributed by atoms with Crippen molar-refractivity contribution in [1.82, 2.24) is 0 Å². The minimum absolute atomic E-state index is 0. The van der Waals surface area contributed by atoms with E-state index in [0.717, 1.165) is 0 Å². The Kier molecular flexibility index (Phi) is 27.4. The third kappa shape index (κ3) is 115. The van der Waals surface area contributed by atoms with Crippen LogP contribution in [-0.2, 0) is 4.79 Å². The predicted octanol–water partition coefficient (Wildman–Crippen LogP) is -1.80. The molecule has 0 amide bonds. The minimum Gasteiger partial charge on any atom is -0.480 e. The van der Waals surface area contributed by atoms with Crippen LogP contribution >= 0.6 is 0 Å². The largest absolute Gasteiger partial charge is 0.480 e. The van der Waals surface area contributed by atoms with E-state index in [1.165, 1.54) is 0 Å². The molecule has 0 spiro atoms. The van der Waals surface area contributed by atoms with Gasteiger partial charge in [0.15, 0.2) is 0 Å². The second-order valence-electron chi connectivity index (χ2n) is 0.914. The first-order chi connectivity index (χ1) is 3.68. The Balaban J connectivity index is -0.0000000800. The average Bonchev–Trinajstić information content (AvgIpc) is 1.69. The van der Waals surface area contributed by atoms with Crippen molar-refractivity contribution in [2.45, 2.75) is 6.92 Å².